The Morgan fingerprint density at radius 1 is 1.32 bits per heavy atom. The third-order valence-corrected chi connectivity index (χ3v) is 4.13. The van der Waals surface area contributed by atoms with Crippen LogP contribution in [0.2, 0.25) is 5.28 Å². The Balaban J connectivity index is 1.51. The van der Waals surface area contributed by atoms with Gasteiger partial charge < -0.3 is 15.4 Å². The van der Waals surface area contributed by atoms with E-state index in [0.29, 0.717) is 11.9 Å². The summed E-state index contributed by atoms with van der Waals surface area (Å²) >= 11 is 5.87. The number of alkyl carbamates (subject to hydrolysis) is 1. The molecule has 2 N–H and O–H groups in total. The molecule has 25 heavy (non-hydrogen) atoms. The maximum Gasteiger partial charge on any atom is 0.407 e. The average Bonchev–Trinajstić information content (AvgIpc) is 3.25. The van der Waals surface area contributed by atoms with Crippen LogP contribution in [-0.2, 0) is 4.74 Å². The molecule has 3 rings (SSSR count). The number of aromatic nitrogens is 2. The molecule has 1 amide bonds. The van der Waals surface area contributed by atoms with Crippen LogP contribution in [0, 0.1) is 17.8 Å². The van der Waals surface area contributed by atoms with Crippen LogP contribution in [0.3, 0.4) is 0 Å². The number of hydrogen-bond acceptors (Lipinski definition) is 5. The molecule has 0 unspecified atom stereocenters. The van der Waals surface area contributed by atoms with Crippen molar-refractivity contribution in [2.24, 2.45) is 5.92 Å². The molecule has 0 bridgehead atoms. The monoisotopic (exact) mass is 362 g/mol. The fraction of sp³-hybridized carbons (Fsp3) is 0.611. The first kappa shape index (κ1) is 17.8. The summed E-state index contributed by atoms with van der Waals surface area (Å²) in [4.78, 5) is 20.0. The van der Waals surface area contributed by atoms with Crippen molar-refractivity contribution in [2.75, 3.05) is 5.32 Å². The van der Waals surface area contributed by atoms with Crippen molar-refractivity contribution >= 4 is 23.5 Å². The zero-order valence-corrected chi connectivity index (χ0v) is 15.5. The van der Waals surface area contributed by atoms with Crippen LogP contribution in [0.4, 0.5) is 10.6 Å². The Bertz CT molecular complexity index is 710. The standard InChI is InChI=1S/C18H23ClN4O2/c1-18(2,3)25-17(24)22-14-8-11(9-14)4-5-12-10-20-16(19)23-15(12)21-13-6-7-13/h10-11,13-14H,6-9H2,1-3H3,(H,22,24)(H,20,21,23)/t11-,14+. The summed E-state index contributed by atoms with van der Waals surface area (Å²) in [6, 6.07) is 0.595. The highest BCUT2D eigenvalue weighted by Crippen LogP contribution is 2.28. The van der Waals surface area contributed by atoms with Gasteiger partial charge in [-0.2, -0.15) is 4.98 Å². The highest BCUT2D eigenvalue weighted by molar-refractivity contribution is 6.28. The normalized spacial score (nSPS) is 22.2. The summed E-state index contributed by atoms with van der Waals surface area (Å²) in [5, 5.41) is 6.42. The van der Waals surface area contributed by atoms with E-state index in [2.05, 4.69) is 32.4 Å². The van der Waals surface area contributed by atoms with E-state index in [-0.39, 0.29) is 23.3 Å². The molecule has 0 atom stereocenters. The number of nitrogens with one attached hydrogen (secondary N) is 2. The van der Waals surface area contributed by atoms with Crippen molar-refractivity contribution in [3.63, 3.8) is 0 Å². The predicted octanol–water partition coefficient (Wildman–Crippen LogP) is 3.36. The molecular formula is C18H23ClN4O2. The lowest BCUT2D eigenvalue weighted by atomic mass is 9.81. The zero-order chi connectivity index (χ0) is 18.0. The molecule has 2 fully saturated rings. The zero-order valence-electron chi connectivity index (χ0n) is 14.7. The van der Waals surface area contributed by atoms with E-state index < -0.39 is 5.60 Å². The Kier molecular flexibility index (Phi) is 5.05. The van der Waals surface area contributed by atoms with E-state index in [0.717, 1.165) is 31.2 Å². The van der Waals surface area contributed by atoms with Crippen molar-refractivity contribution < 1.29 is 9.53 Å². The molecule has 1 aromatic heterocycles. The summed E-state index contributed by atoms with van der Waals surface area (Å²) in [5.74, 6) is 7.34. The number of carbonyl (C=O) groups is 1. The Morgan fingerprint density at radius 2 is 2.04 bits per heavy atom. The van der Waals surface area contributed by atoms with E-state index in [4.69, 9.17) is 16.3 Å². The highest BCUT2D eigenvalue weighted by Gasteiger charge is 2.30. The largest absolute Gasteiger partial charge is 0.444 e. The number of rotatable bonds is 3. The number of nitrogens with zero attached hydrogens (tertiary/aromatic N) is 2. The first-order chi connectivity index (χ1) is 11.8. The van der Waals surface area contributed by atoms with E-state index in [1.165, 1.54) is 0 Å². The molecular weight excluding hydrogens is 340 g/mol. The fourth-order valence-corrected chi connectivity index (χ4v) is 2.62. The average molecular weight is 363 g/mol. The van der Waals surface area contributed by atoms with Gasteiger partial charge in [0.05, 0.1) is 5.56 Å². The summed E-state index contributed by atoms with van der Waals surface area (Å²) in [6.07, 6.45) is 5.23. The van der Waals surface area contributed by atoms with Crippen LogP contribution >= 0.6 is 11.6 Å². The Hall–Kier alpha value is -2.00. The molecule has 0 aromatic carbocycles. The van der Waals surface area contributed by atoms with Gasteiger partial charge in [0.2, 0.25) is 5.28 Å². The molecule has 0 radical (unpaired) electrons. The molecule has 2 aliphatic rings. The quantitative estimate of drug-likeness (QED) is 0.637. The van der Waals surface area contributed by atoms with Crippen molar-refractivity contribution in [1.29, 1.82) is 0 Å². The number of carbonyl (C=O) groups excluding carboxylic acids is 1. The summed E-state index contributed by atoms with van der Waals surface area (Å²) < 4.78 is 5.26. The lowest BCUT2D eigenvalue weighted by Gasteiger charge is -2.33. The van der Waals surface area contributed by atoms with Gasteiger partial charge in [-0.15, -0.1) is 0 Å². The van der Waals surface area contributed by atoms with Crippen LogP contribution in [0.5, 0.6) is 0 Å². The molecule has 134 valence electrons. The van der Waals surface area contributed by atoms with Gasteiger partial charge in [-0.3, -0.25) is 0 Å². The second kappa shape index (κ2) is 7.09. The molecule has 6 nitrogen and oxygen atoms in total. The van der Waals surface area contributed by atoms with Gasteiger partial charge in [0.25, 0.3) is 0 Å². The topological polar surface area (TPSA) is 76.1 Å². The van der Waals surface area contributed by atoms with Crippen LogP contribution in [0.15, 0.2) is 6.20 Å². The number of amides is 1. The molecule has 1 heterocycles. The second-order valence-electron chi connectivity index (χ2n) is 7.60. The highest BCUT2D eigenvalue weighted by atomic mass is 35.5. The third-order valence-electron chi connectivity index (χ3n) is 3.95. The molecule has 0 aliphatic heterocycles. The molecule has 0 spiro atoms. The summed E-state index contributed by atoms with van der Waals surface area (Å²) in [6.45, 7) is 5.55. The lowest BCUT2D eigenvalue weighted by molar-refractivity contribution is 0.0467. The van der Waals surface area contributed by atoms with Gasteiger partial charge in [-0.05, 0) is 58.1 Å². The number of halogens is 1. The summed E-state index contributed by atoms with van der Waals surface area (Å²) in [5.41, 5.74) is 0.284. The predicted molar refractivity (Wildman–Crippen MR) is 96.4 cm³/mol. The van der Waals surface area contributed by atoms with Crippen LogP contribution in [-0.4, -0.2) is 33.7 Å². The van der Waals surface area contributed by atoms with E-state index in [9.17, 15) is 4.79 Å². The second-order valence-corrected chi connectivity index (χ2v) is 7.94. The van der Waals surface area contributed by atoms with Crippen LogP contribution in [0.25, 0.3) is 0 Å². The number of ether oxygens (including phenoxy) is 1. The van der Waals surface area contributed by atoms with Crippen molar-refractivity contribution in [3.8, 4) is 11.8 Å². The van der Waals surface area contributed by atoms with Crippen LogP contribution in [0.1, 0.15) is 52.0 Å². The Labute approximate surface area is 153 Å². The molecule has 1 aromatic rings. The third kappa shape index (κ3) is 5.50. The minimum absolute atomic E-state index is 0.125. The van der Waals surface area contributed by atoms with Crippen molar-refractivity contribution in [2.45, 2.75) is 64.1 Å². The Morgan fingerprint density at radius 3 is 2.68 bits per heavy atom. The van der Waals surface area contributed by atoms with Gasteiger partial charge in [0, 0.05) is 24.2 Å². The van der Waals surface area contributed by atoms with Crippen molar-refractivity contribution in [1.82, 2.24) is 15.3 Å². The first-order valence-electron chi connectivity index (χ1n) is 8.58. The smallest absolute Gasteiger partial charge is 0.407 e. The van der Waals surface area contributed by atoms with Gasteiger partial charge in [-0.1, -0.05) is 11.8 Å². The van der Waals surface area contributed by atoms with E-state index in [1.54, 1.807) is 6.20 Å². The van der Waals surface area contributed by atoms with Gasteiger partial charge >= 0.3 is 6.09 Å². The molecule has 0 saturated heterocycles. The van der Waals surface area contributed by atoms with Crippen molar-refractivity contribution in [3.05, 3.63) is 17.0 Å². The van der Waals surface area contributed by atoms with Gasteiger partial charge in [0.15, 0.2) is 0 Å². The SMILES string of the molecule is CC(C)(C)OC(=O)N[C@H]1C[C@@H](C#Cc2cnc(Cl)nc2NC2CC2)C1. The molecule has 7 heteroatoms. The minimum atomic E-state index is -0.480. The lowest BCUT2D eigenvalue weighted by Crippen LogP contribution is -2.45. The molecule has 2 saturated carbocycles. The number of anilines is 1. The van der Waals surface area contributed by atoms with Gasteiger partial charge in [0.1, 0.15) is 11.4 Å². The summed E-state index contributed by atoms with van der Waals surface area (Å²) in [7, 11) is 0. The molecule has 2 aliphatic carbocycles. The fourth-order valence-electron chi connectivity index (χ4n) is 2.49. The van der Waals surface area contributed by atoms with E-state index in [1.807, 2.05) is 20.8 Å². The van der Waals surface area contributed by atoms with Gasteiger partial charge in [-0.25, -0.2) is 9.78 Å². The minimum Gasteiger partial charge on any atom is -0.444 e. The first-order valence-corrected chi connectivity index (χ1v) is 8.96. The maximum absolute atomic E-state index is 11.7. The van der Waals surface area contributed by atoms with Crippen LogP contribution < -0.4 is 10.6 Å². The maximum atomic E-state index is 11.7. The number of hydrogen-bond donors (Lipinski definition) is 2. The van der Waals surface area contributed by atoms with E-state index >= 15 is 0 Å².